The number of nitrogens with two attached hydrogens (primary N) is 1. The van der Waals surface area contributed by atoms with Crippen LogP contribution in [0, 0.1) is 5.92 Å². The summed E-state index contributed by atoms with van der Waals surface area (Å²) < 4.78 is 2.23. The molecule has 0 amide bonds. The molecular weight excluding hydrogens is 224 g/mol. The van der Waals surface area contributed by atoms with Crippen molar-refractivity contribution in [2.75, 3.05) is 5.73 Å². The van der Waals surface area contributed by atoms with Crippen molar-refractivity contribution in [2.45, 2.75) is 45.1 Å². The molecule has 2 aromatic heterocycles. The van der Waals surface area contributed by atoms with Crippen LogP contribution in [-0.2, 0) is 0 Å². The lowest BCUT2D eigenvalue weighted by Gasteiger charge is -2.26. The van der Waals surface area contributed by atoms with Crippen LogP contribution in [-0.4, -0.2) is 14.5 Å². The predicted octanol–water partition coefficient (Wildman–Crippen LogP) is 3.15. The molecule has 2 aromatic rings. The maximum Gasteiger partial charge on any atom is 0.145 e. The molecule has 3 rings (SSSR count). The molecule has 0 saturated heterocycles. The van der Waals surface area contributed by atoms with Gasteiger partial charge < -0.3 is 10.3 Å². The Labute approximate surface area is 107 Å². The summed E-state index contributed by atoms with van der Waals surface area (Å²) in [7, 11) is 0. The molecule has 1 saturated carbocycles. The molecule has 1 aliphatic carbocycles. The monoisotopic (exact) mass is 244 g/mol. The highest BCUT2D eigenvalue weighted by atomic mass is 15.1. The summed E-state index contributed by atoms with van der Waals surface area (Å²) in [4.78, 5) is 8.39. The maximum atomic E-state index is 5.86. The van der Waals surface area contributed by atoms with Gasteiger partial charge in [0.25, 0.3) is 0 Å². The van der Waals surface area contributed by atoms with E-state index in [4.69, 9.17) is 5.73 Å². The molecule has 0 radical (unpaired) electrons. The Morgan fingerprint density at radius 1 is 1.44 bits per heavy atom. The average Bonchev–Trinajstić information content (AvgIpc) is 2.72. The van der Waals surface area contributed by atoms with Crippen LogP contribution in [0.4, 0.5) is 5.82 Å². The third kappa shape index (κ3) is 1.96. The van der Waals surface area contributed by atoms with E-state index in [0.29, 0.717) is 11.9 Å². The summed E-state index contributed by atoms with van der Waals surface area (Å²) in [5, 5.41) is 0.966. The van der Waals surface area contributed by atoms with E-state index in [1.165, 1.54) is 32.1 Å². The van der Waals surface area contributed by atoms with Crippen molar-refractivity contribution in [3.63, 3.8) is 0 Å². The fourth-order valence-corrected chi connectivity index (χ4v) is 2.74. The summed E-state index contributed by atoms with van der Waals surface area (Å²) in [6.07, 6.45) is 10.5. The fourth-order valence-electron chi connectivity index (χ4n) is 2.74. The van der Waals surface area contributed by atoms with Crippen molar-refractivity contribution < 1.29 is 0 Å². The van der Waals surface area contributed by atoms with Gasteiger partial charge in [0.1, 0.15) is 17.8 Å². The molecule has 0 aliphatic heterocycles. The lowest BCUT2D eigenvalue weighted by molar-refractivity contribution is 0.274. The Morgan fingerprint density at radius 2 is 2.28 bits per heavy atom. The Kier molecular flexibility index (Phi) is 2.94. The molecule has 4 heteroatoms. The van der Waals surface area contributed by atoms with Crippen LogP contribution in [0.2, 0.25) is 0 Å². The lowest BCUT2D eigenvalue weighted by atomic mass is 9.81. The number of hydrogen-bond acceptors (Lipinski definition) is 3. The smallest absolute Gasteiger partial charge is 0.145 e. The Balaban J connectivity index is 1.78. The van der Waals surface area contributed by atoms with Crippen molar-refractivity contribution in [3.05, 3.63) is 18.6 Å². The second-order valence-corrected chi connectivity index (χ2v) is 5.44. The van der Waals surface area contributed by atoms with Crippen LogP contribution in [0.3, 0.4) is 0 Å². The average molecular weight is 244 g/mol. The first-order valence-electron chi connectivity index (χ1n) is 6.82. The Bertz CT molecular complexity index is 542. The molecule has 96 valence electrons. The van der Waals surface area contributed by atoms with Crippen molar-refractivity contribution in [2.24, 2.45) is 5.92 Å². The zero-order valence-electron chi connectivity index (χ0n) is 10.8. The first-order valence-corrected chi connectivity index (χ1v) is 6.82. The third-order valence-electron chi connectivity index (χ3n) is 4.23. The molecule has 0 spiro atoms. The molecule has 18 heavy (non-hydrogen) atoms. The van der Waals surface area contributed by atoms with E-state index >= 15 is 0 Å². The van der Waals surface area contributed by atoms with Gasteiger partial charge in [0.2, 0.25) is 0 Å². The van der Waals surface area contributed by atoms with Crippen LogP contribution in [0.15, 0.2) is 18.6 Å². The first kappa shape index (κ1) is 11.5. The van der Waals surface area contributed by atoms with Gasteiger partial charge in [-0.2, -0.15) is 0 Å². The second kappa shape index (κ2) is 4.59. The second-order valence-electron chi connectivity index (χ2n) is 5.44. The Hall–Kier alpha value is -1.58. The van der Waals surface area contributed by atoms with Gasteiger partial charge in [-0.15, -0.1) is 0 Å². The molecule has 1 aliphatic rings. The zero-order chi connectivity index (χ0) is 12.5. The fraction of sp³-hybridized carbons (Fsp3) is 0.571. The highest BCUT2D eigenvalue weighted by molar-refractivity contribution is 5.86. The van der Waals surface area contributed by atoms with E-state index in [1.807, 2.05) is 6.07 Å². The minimum Gasteiger partial charge on any atom is -0.383 e. The summed E-state index contributed by atoms with van der Waals surface area (Å²) >= 11 is 0. The minimum atomic E-state index is 0.484. The van der Waals surface area contributed by atoms with E-state index in [1.54, 1.807) is 6.33 Å². The number of rotatable bonds is 4. The van der Waals surface area contributed by atoms with E-state index in [-0.39, 0.29) is 0 Å². The summed E-state index contributed by atoms with van der Waals surface area (Å²) in [5.74, 6) is 1.54. The number of anilines is 1. The van der Waals surface area contributed by atoms with Crippen LogP contribution in [0.25, 0.3) is 11.0 Å². The van der Waals surface area contributed by atoms with E-state index < -0.39 is 0 Å². The van der Waals surface area contributed by atoms with Gasteiger partial charge in [0, 0.05) is 12.2 Å². The van der Waals surface area contributed by atoms with Crippen LogP contribution in [0.1, 0.15) is 45.1 Å². The number of fused-ring (bicyclic) bond motifs is 1. The quantitative estimate of drug-likeness (QED) is 0.898. The van der Waals surface area contributed by atoms with Gasteiger partial charge in [-0.1, -0.05) is 19.3 Å². The number of nitrogen functional groups attached to an aromatic ring is 1. The largest absolute Gasteiger partial charge is 0.383 e. The summed E-state index contributed by atoms with van der Waals surface area (Å²) in [5.41, 5.74) is 6.82. The third-order valence-corrected chi connectivity index (χ3v) is 4.23. The maximum absolute atomic E-state index is 5.86. The van der Waals surface area contributed by atoms with Crippen LogP contribution < -0.4 is 5.73 Å². The van der Waals surface area contributed by atoms with Gasteiger partial charge in [-0.25, -0.2) is 9.97 Å². The number of nitrogens with zero attached hydrogens (tertiary/aromatic N) is 3. The molecule has 1 unspecified atom stereocenters. The number of hydrogen-bond donors (Lipinski definition) is 1. The van der Waals surface area contributed by atoms with Crippen molar-refractivity contribution in [3.8, 4) is 0 Å². The van der Waals surface area contributed by atoms with Gasteiger partial charge in [-0.3, -0.25) is 0 Å². The lowest BCUT2D eigenvalue weighted by Crippen LogP contribution is -2.13. The van der Waals surface area contributed by atoms with E-state index in [9.17, 15) is 0 Å². The van der Waals surface area contributed by atoms with Gasteiger partial charge >= 0.3 is 0 Å². The summed E-state index contributed by atoms with van der Waals surface area (Å²) in [6.45, 7) is 2.26. The topological polar surface area (TPSA) is 56.7 Å². The van der Waals surface area contributed by atoms with E-state index in [0.717, 1.165) is 17.0 Å². The zero-order valence-corrected chi connectivity index (χ0v) is 10.8. The van der Waals surface area contributed by atoms with E-state index in [2.05, 4.69) is 27.7 Å². The SMILES string of the molecule is CC(CCC1CCC1)n1ccc2c(N)ncnc21. The molecule has 0 bridgehead atoms. The normalized spacial score (nSPS) is 17.8. The van der Waals surface area contributed by atoms with Crippen molar-refractivity contribution >= 4 is 16.9 Å². The minimum absolute atomic E-state index is 0.484. The molecule has 2 heterocycles. The predicted molar refractivity (Wildman–Crippen MR) is 73.2 cm³/mol. The Morgan fingerprint density at radius 3 is 3.00 bits per heavy atom. The molecular formula is C14H20N4. The summed E-state index contributed by atoms with van der Waals surface area (Å²) in [6, 6.07) is 2.50. The van der Waals surface area contributed by atoms with Crippen molar-refractivity contribution in [1.29, 1.82) is 0 Å². The van der Waals surface area contributed by atoms with Gasteiger partial charge in [0.15, 0.2) is 0 Å². The molecule has 2 N–H and O–H groups in total. The van der Waals surface area contributed by atoms with Crippen LogP contribution in [0.5, 0.6) is 0 Å². The molecule has 4 nitrogen and oxygen atoms in total. The molecule has 0 aromatic carbocycles. The highest BCUT2D eigenvalue weighted by Crippen LogP contribution is 2.33. The molecule has 1 atom stereocenters. The molecule has 1 fully saturated rings. The highest BCUT2D eigenvalue weighted by Gasteiger charge is 2.19. The van der Waals surface area contributed by atoms with Gasteiger partial charge in [0.05, 0.1) is 5.39 Å². The number of aromatic nitrogens is 3. The van der Waals surface area contributed by atoms with Crippen LogP contribution >= 0.6 is 0 Å². The first-order chi connectivity index (χ1) is 8.75. The van der Waals surface area contributed by atoms with Gasteiger partial charge in [-0.05, 0) is 31.7 Å². The van der Waals surface area contributed by atoms with Crippen molar-refractivity contribution in [1.82, 2.24) is 14.5 Å². The standard InChI is InChI=1S/C14H20N4/c1-10(5-6-11-3-2-4-11)18-8-7-12-13(15)16-9-17-14(12)18/h7-11H,2-6H2,1H3,(H2,15,16,17).